The van der Waals surface area contributed by atoms with Crippen LogP contribution in [-0.4, -0.2) is 30.3 Å². The Kier molecular flexibility index (Phi) is 4.79. The van der Waals surface area contributed by atoms with E-state index in [9.17, 15) is 10.4 Å². The molecule has 8 heteroatoms. The maximum atomic E-state index is 10.8. The lowest BCUT2D eigenvalue weighted by atomic mass is 10.2. The van der Waals surface area contributed by atoms with Crippen LogP contribution in [0.3, 0.4) is 0 Å². The van der Waals surface area contributed by atoms with Gasteiger partial charge in [-0.2, -0.15) is 5.26 Å². The number of para-hydroxylation sites is 2. The second-order valence-corrected chi connectivity index (χ2v) is 8.91. The number of thioether (sulfide) groups is 1. The van der Waals surface area contributed by atoms with Gasteiger partial charge in [-0.25, -0.2) is 15.0 Å². The number of allylic oxidation sites excluding steroid dienone is 1. The summed E-state index contributed by atoms with van der Waals surface area (Å²) in [5.74, 6) is 0.340. The smallest absolute Gasteiger partial charge is 0.152 e. The molecule has 3 heterocycles. The Morgan fingerprint density at radius 3 is 2.82 bits per heavy atom. The monoisotopic (exact) mass is 407 g/mol. The molecule has 0 radical (unpaired) electrons. The molecular formula is C20H17N5OS2. The summed E-state index contributed by atoms with van der Waals surface area (Å²) in [4.78, 5) is 18.4. The fraction of sp³-hybridized carbons (Fsp3) is 0.200. The summed E-state index contributed by atoms with van der Waals surface area (Å²) in [5.41, 5.74) is 2.86. The largest absolute Gasteiger partial charge is 0.510 e. The number of hydrogen-bond acceptors (Lipinski definition) is 7. The van der Waals surface area contributed by atoms with Crippen LogP contribution < -0.4 is 0 Å². The molecule has 6 nitrogen and oxygen atoms in total. The van der Waals surface area contributed by atoms with E-state index >= 15 is 0 Å². The third-order valence-corrected chi connectivity index (χ3v) is 6.82. The Morgan fingerprint density at radius 2 is 2.07 bits per heavy atom. The minimum atomic E-state index is -0.374. The number of rotatable bonds is 4. The topological polar surface area (TPSA) is 98.5 Å². The second kappa shape index (κ2) is 7.26. The number of H-pyrrole nitrogens is 1. The highest BCUT2D eigenvalue weighted by atomic mass is 32.2. The number of aryl methyl sites for hydroxylation is 2. The van der Waals surface area contributed by atoms with E-state index in [0.29, 0.717) is 5.82 Å². The van der Waals surface area contributed by atoms with Crippen molar-refractivity contribution < 1.29 is 5.11 Å². The number of hydrogen-bond donors (Lipinski definition) is 2. The van der Waals surface area contributed by atoms with Crippen molar-refractivity contribution in [3.8, 4) is 6.07 Å². The van der Waals surface area contributed by atoms with Crippen molar-refractivity contribution in [1.29, 1.82) is 5.26 Å². The molecule has 28 heavy (non-hydrogen) atoms. The Hall–Kier alpha value is -2.89. The van der Waals surface area contributed by atoms with Gasteiger partial charge in [-0.1, -0.05) is 23.9 Å². The molecule has 0 unspecified atom stereocenters. The van der Waals surface area contributed by atoms with Gasteiger partial charge in [-0.05, 0) is 38.5 Å². The van der Waals surface area contributed by atoms with Crippen molar-refractivity contribution in [2.75, 3.05) is 0 Å². The molecule has 0 spiro atoms. The summed E-state index contributed by atoms with van der Waals surface area (Å²) in [6, 6.07) is 9.61. The van der Waals surface area contributed by atoms with Gasteiger partial charge in [0.25, 0.3) is 0 Å². The van der Waals surface area contributed by atoms with Gasteiger partial charge >= 0.3 is 0 Å². The second-order valence-electron chi connectivity index (χ2n) is 6.38. The van der Waals surface area contributed by atoms with Crippen LogP contribution >= 0.6 is 23.1 Å². The van der Waals surface area contributed by atoms with Gasteiger partial charge in [0.1, 0.15) is 33.6 Å². The number of imidazole rings is 1. The molecular weight excluding hydrogens is 390 g/mol. The van der Waals surface area contributed by atoms with E-state index < -0.39 is 0 Å². The molecule has 0 aliphatic heterocycles. The van der Waals surface area contributed by atoms with Gasteiger partial charge in [-0.15, -0.1) is 11.3 Å². The van der Waals surface area contributed by atoms with Crippen molar-refractivity contribution in [2.45, 2.75) is 31.0 Å². The molecule has 0 aliphatic rings. The van der Waals surface area contributed by atoms with E-state index in [4.69, 9.17) is 0 Å². The number of aromatic nitrogens is 4. The van der Waals surface area contributed by atoms with Gasteiger partial charge in [-0.3, -0.25) is 0 Å². The molecule has 4 aromatic rings. The maximum Gasteiger partial charge on any atom is 0.152 e. The van der Waals surface area contributed by atoms with Crippen molar-refractivity contribution in [3.63, 3.8) is 0 Å². The zero-order chi connectivity index (χ0) is 19.8. The minimum Gasteiger partial charge on any atom is -0.510 e. The van der Waals surface area contributed by atoms with Gasteiger partial charge in [0.15, 0.2) is 5.82 Å². The summed E-state index contributed by atoms with van der Waals surface area (Å²) < 4.78 is 0. The van der Waals surface area contributed by atoms with Gasteiger partial charge < -0.3 is 10.1 Å². The summed E-state index contributed by atoms with van der Waals surface area (Å²) in [6.45, 7) is 5.96. The number of nitriles is 1. The van der Waals surface area contributed by atoms with E-state index in [1.165, 1.54) is 23.0 Å². The first-order chi connectivity index (χ1) is 13.5. The van der Waals surface area contributed by atoms with Crippen molar-refractivity contribution in [3.05, 3.63) is 52.6 Å². The van der Waals surface area contributed by atoms with Crippen molar-refractivity contribution >= 4 is 49.9 Å². The van der Waals surface area contributed by atoms with Crippen LogP contribution in [0.1, 0.15) is 23.2 Å². The molecule has 0 fully saturated rings. The van der Waals surface area contributed by atoms with Gasteiger partial charge in [0.05, 0.1) is 16.3 Å². The molecule has 0 saturated heterocycles. The first kappa shape index (κ1) is 18.5. The molecule has 4 rings (SSSR count). The standard InChI is InChI=1S/C20H17N5OS2/c1-10-11(2)27-19-16(10)20(23-9-22-19)28-12(3)17(26)13(8-21)18-24-14-6-4-5-7-15(14)25-18/h4-7,9,12,26H,1-3H3,(H,24,25)/b17-13-/t12-/m1/s1. The van der Waals surface area contributed by atoms with Crippen LogP contribution in [0.25, 0.3) is 26.8 Å². The van der Waals surface area contributed by atoms with Crippen LogP contribution in [-0.2, 0) is 0 Å². The predicted molar refractivity (Wildman–Crippen MR) is 113 cm³/mol. The molecule has 0 amide bonds. The van der Waals surface area contributed by atoms with Crippen molar-refractivity contribution in [2.24, 2.45) is 0 Å². The third-order valence-electron chi connectivity index (χ3n) is 4.60. The molecule has 0 aliphatic carbocycles. The molecule has 1 aromatic carbocycles. The van der Waals surface area contributed by atoms with Crippen LogP contribution in [0.4, 0.5) is 0 Å². The average Bonchev–Trinajstić information content (AvgIpc) is 3.23. The Morgan fingerprint density at radius 1 is 1.29 bits per heavy atom. The minimum absolute atomic E-state index is 0.0251. The van der Waals surface area contributed by atoms with Crippen LogP contribution in [0.5, 0.6) is 0 Å². The SMILES string of the molecule is Cc1sc2ncnc(S[C@H](C)/C(O)=C(\C#N)c3nc4ccccc4[nH]3)c2c1C. The first-order valence-corrected chi connectivity index (χ1v) is 10.3. The van der Waals surface area contributed by atoms with Gasteiger partial charge in [0.2, 0.25) is 0 Å². The Labute approximate surface area is 170 Å². The Balaban J connectivity index is 1.72. The molecule has 0 saturated carbocycles. The number of aliphatic hydroxyl groups is 1. The lowest BCUT2D eigenvalue weighted by Gasteiger charge is -2.12. The lowest BCUT2D eigenvalue weighted by molar-refractivity contribution is 0.402. The molecule has 140 valence electrons. The zero-order valence-electron chi connectivity index (χ0n) is 15.5. The lowest BCUT2D eigenvalue weighted by Crippen LogP contribution is -2.05. The summed E-state index contributed by atoms with van der Waals surface area (Å²) in [6.07, 6.45) is 1.54. The summed E-state index contributed by atoms with van der Waals surface area (Å²) in [7, 11) is 0. The van der Waals surface area contributed by atoms with E-state index in [1.54, 1.807) is 11.3 Å². The fourth-order valence-corrected chi connectivity index (χ4v) is 5.07. The van der Waals surface area contributed by atoms with E-state index in [2.05, 4.69) is 39.9 Å². The van der Waals surface area contributed by atoms with E-state index in [-0.39, 0.29) is 16.6 Å². The normalized spacial score (nSPS) is 13.5. The average molecular weight is 408 g/mol. The quantitative estimate of drug-likeness (QED) is 0.210. The number of fused-ring (bicyclic) bond motifs is 2. The number of aromatic amines is 1. The number of nitrogens with zero attached hydrogens (tertiary/aromatic N) is 4. The van der Waals surface area contributed by atoms with E-state index in [1.807, 2.05) is 31.2 Å². The maximum absolute atomic E-state index is 10.8. The number of thiophene rings is 1. The molecule has 0 bridgehead atoms. The van der Waals surface area contributed by atoms with Gasteiger partial charge in [0, 0.05) is 10.3 Å². The Bertz CT molecular complexity index is 1230. The number of aliphatic hydroxyl groups excluding tert-OH is 1. The van der Waals surface area contributed by atoms with E-state index in [0.717, 1.165) is 31.8 Å². The third kappa shape index (κ3) is 3.13. The molecule has 2 N–H and O–H groups in total. The van der Waals surface area contributed by atoms with Crippen LogP contribution in [0, 0.1) is 25.2 Å². The predicted octanol–water partition coefficient (Wildman–Crippen LogP) is 5.16. The van der Waals surface area contributed by atoms with Crippen molar-refractivity contribution in [1.82, 2.24) is 19.9 Å². The van der Waals surface area contributed by atoms with Crippen LogP contribution in [0.15, 0.2) is 41.4 Å². The highest BCUT2D eigenvalue weighted by Gasteiger charge is 2.21. The summed E-state index contributed by atoms with van der Waals surface area (Å²) >= 11 is 3.04. The fourth-order valence-electron chi connectivity index (χ4n) is 2.97. The summed E-state index contributed by atoms with van der Waals surface area (Å²) in [5, 5.41) is 21.9. The van der Waals surface area contributed by atoms with Crippen LogP contribution in [0.2, 0.25) is 0 Å². The first-order valence-electron chi connectivity index (χ1n) is 8.65. The molecule has 1 atom stereocenters. The number of benzene rings is 1. The number of nitrogens with one attached hydrogen (secondary N) is 1. The zero-order valence-corrected chi connectivity index (χ0v) is 17.1. The highest BCUT2D eigenvalue weighted by molar-refractivity contribution is 8.00. The highest BCUT2D eigenvalue weighted by Crippen LogP contribution is 2.37. The molecule has 3 aromatic heterocycles.